The van der Waals surface area contributed by atoms with E-state index in [-0.39, 0.29) is 41.3 Å². The van der Waals surface area contributed by atoms with Crippen LogP contribution in [-0.4, -0.2) is 422 Å². The number of esters is 2. The van der Waals surface area contributed by atoms with E-state index in [1.165, 1.54) is 45.2 Å². The lowest BCUT2D eigenvalue weighted by Gasteiger charge is -2.71. The Balaban J connectivity index is 0.595. The number of benzene rings is 1. The smallest absolute Gasteiger partial charge is 0.331 e. The number of aromatic hydroxyl groups is 1. The molecule has 8 heterocycles. The average molecular weight is 1850 g/mol. The minimum atomic E-state index is -2.11. The molecular formula is C86H132O43. The molecule has 43 heteroatoms. The van der Waals surface area contributed by atoms with Crippen molar-refractivity contribution in [2.24, 2.45) is 50.2 Å². The van der Waals surface area contributed by atoms with Crippen molar-refractivity contribution >= 4 is 18.0 Å². The lowest BCUT2D eigenvalue weighted by molar-refractivity contribution is -0.386. The van der Waals surface area contributed by atoms with E-state index in [9.17, 15) is 122 Å². The second kappa shape index (κ2) is 39.7. The second-order valence-corrected chi connectivity index (χ2v) is 39.1. The molecule has 43 nitrogen and oxygen atoms in total. The number of methoxy groups -OCH3 is 1. The molecule has 47 atom stereocenters. The molecule has 8 saturated heterocycles. The largest absolute Gasteiger partial charge is 0.504 e. The Morgan fingerprint density at radius 2 is 1.02 bits per heavy atom. The SMILES string of the molecule is COc1ccc(/C=C/C(=O)O[C@@H]2[C@@H](O)[C@H](O[C@H]3[C@H](O)[C@@H](O)[C@H](O[C@@H]4CO[C@@H](O[C@@H]5[C@@H](O)[C@H](C)O[C@@H](O[C@H]6[C@H](O[C@H]7CC[C@@]8(C)[C@@H](CC[C@]9(C)[C@@H]8CC=C8[C@@H]%10CC(C)(C)CC[C@]%10(C(=O)O[C@@H]%10O[C@H](CO[C@@H]%11O[C@H](CO)[C@@H](O[C@@H]%12O[C@@H](C)[C@H](O)[C@@H](O)[C@H]%12O)[C@H](O)[C@H]%11O)[C@@H](O)[C@H](O)[C@H]%10O)CC[C@]89C)[C@]7(C)CO)OC[C@@H](O)[C@@H]6O)[C@@H]5O)[C@H](O)[C@@H]4O)O[C@@H]3CO)O[C@H](CO)[C@H]2O)cc1O. The number of ether oxygens (including phenoxy) is 18. The van der Waals surface area contributed by atoms with Crippen molar-refractivity contribution in [1.82, 2.24) is 0 Å². The third-order valence-electron chi connectivity index (χ3n) is 31.0. The summed E-state index contributed by atoms with van der Waals surface area (Å²) in [6.07, 6.45) is -58.0. The van der Waals surface area contributed by atoms with Crippen LogP contribution in [0.2, 0.25) is 0 Å². The highest BCUT2D eigenvalue weighted by Gasteiger charge is 2.72. The van der Waals surface area contributed by atoms with E-state index in [0.29, 0.717) is 69.8 Å². The van der Waals surface area contributed by atoms with Gasteiger partial charge < -0.3 is 203 Å². The van der Waals surface area contributed by atoms with Crippen molar-refractivity contribution in [2.75, 3.05) is 53.4 Å². The van der Waals surface area contributed by atoms with Crippen LogP contribution in [0.3, 0.4) is 0 Å². The summed E-state index contributed by atoms with van der Waals surface area (Å²) in [7, 11) is 1.34. The van der Waals surface area contributed by atoms with Crippen molar-refractivity contribution in [2.45, 2.75) is 359 Å². The third-order valence-corrected chi connectivity index (χ3v) is 31.0. The number of fused-ring (bicyclic) bond motifs is 7. The first-order chi connectivity index (χ1) is 60.9. The van der Waals surface area contributed by atoms with Crippen molar-refractivity contribution in [3.63, 3.8) is 0 Å². The zero-order chi connectivity index (χ0) is 93.7. The van der Waals surface area contributed by atoms with Gasteiger partial charge in [-0.2, -0.15) is 0 Å². The maximum Gasteiger partial charge on any atom is 0.331 e. The van der Waals surface area contributed by atoms with E-state index in [4.69, 9.17) is 85.3 Å². The first-order valence-corrected chi connectivity index (χ1v) is 44.4. The summed E-state index contributed by atoms with van der Waals surface area (Å²) in [4.78, 5) is 28.5. The maximum atomic E-state index is 15.5. The van der Waals surface area contributed by atoms with E-state index in [1.807, 2.05) is 6.92 Å². The highest BCUT2D eigenvalue weighted by atomic mass is 16.8. The van der Waals surface area contributed by atoms with Crippen LogP contribution in [0.1, 0.15) is 125 Å². The Morgan fingerprint density at radius 3 is 1.67 bits per heavy atom. The van der Waals surface area contributed by atoms with E-state index in [1.54, 1.807) is 0 Å². The van der Waals surface area contributed by atoms with Crippen molar-refractivity contribution in [3.05, 3.63) is 41.5 Å². The van der Waals surface area contributed by atoms with Gasteiger partial charge in [-0.15, -0.1) is 0 Å². The normalized spacial score (nSPS) is 50.7. The Morgan fingerprint density at radius 1 is 0.473 bits per heavy atom. The molecule has 13 aliphatic rings. The van der Waals surface area contributed by atoms with Gasteiger partial charge in [-0.1, -0.05) is 59.3 Å². The Hall–Kier alpha value is -4.24. The number of rotatable bonds is 25. The number of carbonyl (C=O) groups is 2. The topological polar surface area (TPSA) is 666 Å². The van der Waals surface area contributed by atoms with Crippen LogP contribution in [0.25, 0.3) is 6.08 Å². The van der Waals surface area contributed by atoms with Crippen LogP contribution < -0.4 is 4.74 Å². The van der Waals surface area contributed by atoms with Gasteiger partial charge in [-0.05, 0) is 141 Å². The van der Waals surface area contributed by atoms with Gasteiger partial charge in [-0.3, -0.25) is 4.79 Å². The summed E-state index contributed by atoms with van der Waals surface area (Å²) in [5.41, 5.74) is -2.37. The molecule has 0 amide bonds. The quantitative estimate of drug-likeness (QED) is 0.0187. The second-order valence-electron chi connectivity index (χ2n) is 39.1. The highest BCUT2D eigenvalue weighted by molar-refractivity contribution is 5.87. The fraction of sp³-hybridized carbons (Fsp3) is 0.860. The molecule has 0 spiro atoms. The van der Waals surface area contributed by atoms with Crippen molar-refractivity contribution in [1.29, 1.82) is 0 Å². The van der Waals surface area contributed by atoms with E-state index >= 15 is 4.79 Å². The number of carbonyl (C=O) groups excluding carboxylic acids is 2. The Kier molecular flexibility index (Phi) is 31.0. The van der Waals surface area contributed by atoms with Crippen LogP contribution in [-0.2, 0) is 90.1 Å². The standard InChI is InChI=1S/C86H132O43/c1-33-50(94)56(100)61(105)74(116-33)125-67-42(27-88)119-72(63(107)58(67)102)114-30-44-53(97)57(101)62(106)76(122-44)129-80(111)86-22-20-81(3,4)25-37(86)36-12-14-47-82(5)18-17-48(83(6,32-90)46(82)16-19-85(47,8)84(36,7)21-23-86)123-79-71(52(96)39(92)29-113-79)128-77-65(109)69(51(95)34(2)117-77)127-73-60(104)54(98)45(31-115-73)121-75-64(108)59(103)68(43(28-89)120-75)126-78-66(110)70(55(99)41(26-87)118-78)124-49(93)15-11-35-10-13-40(112-9)38(91)24-35/h10-13,15,24,33-34,37,39,41-48,50-79,87-92,94-110H,14,16-23,25-32H2,1-9H3/b15-11+/t33-,34-,37-,39+,41+,42+,43+,44+,45+,46+,47+,48-,50-,51-,52-,53+,54+,55+,56+,57-,58+,59+,60+,61+,62+,63+,64+,65+,66+,67+,68+,69+,70-,71+,72+,73-,74-,75-,76-,77-,78-,79-,82-,83-,84+,85+,86-/m0/s1. The Labute approximate surface area is 743 Å². The number of phenols is 1. The molecule has 0 radical (unpaired) electrons. The lowest BCUT2D eigenvalue weighted by atomic mass is 9.33. The van der Waals surface area contributed by atoms with Crippen LogP contribution in [0, 0.1) is 50.2 Å². The number of allylic oxidation sites excluding steroid dienone is 2. The zero-order valence-electron chi connectivity index (χ0n) is 73.2. The molecule has 23 N–H and O–H groups in total. The number of hydrogen-bond acceptors (Lipinski definition) is 43. The fourth-order valence-electron chi connectivity index (χ4n) is 22.9. The maximum absolute atomic E-state index is 15.5. The van der Waals surface area contributed by atoms with E-state index in [0.717, 1.165) is 11.6 Å². The average Bonchev–Trinajstić information content (AvgIpc) is 0.672. The molecule has 0 aromatic heterocycles. The Bertz CT molecular complexity index is 4000. The molecular weight excluding hydrogens is 1720 g/mol. The van der Waals surface area contributed by atoms with Crippen LogP contribution >= 0.6 is 0 Å². The summed E-state index contributed by atoms with van der Waals surface area (Å²) in [5.74, 6) is -2.46. The molecule has 0 bridgehead atoms. The minimum absolute atomic E-state index is 0.000201. The van der Waals surface area contributed by atoms with Gasteiger partial charge in [-0.25, -0.2) is 4.79 Å². The van der Waals surface area contributed by atoms with Gasteiger partial charge in [0, 0.05) is 11.5 Å². The van der Waals surface area contributed by atoms with Gasteiger partial charge in [0.15, 0.2) is 61.6 Å². The first kappa shape index (κ1) is 101. The van der Waals surface area contributed by atoms with Crippen LogP contribution in [0.5, 0.6) is 11.5 Å². The molecule has 4 saturated carbocycles. The summed E-state index contributed by atoms with van der Waals surface area (Å²) in [5, 5.41) is 256. The molecule has 0 unspecified atom stereocenters. The van der Waals surface area contributed by atoms with Gasteiger partial charge in [0.25, 0.3) is 0 Å². The summed E-state index contributed by atoms with van der Waals surface area (Å²) in [6, 6.07) is 4.22. The third kappa shape index (κ3) is 18.8. The number of hydrogen-bond donors (Lipinski definition) is 23. The van der Waals surface area contributed by atoms with Crippen molar-refractivity contribution in [3.8, 4) is 11.5 Å². The summed E-state index contributed by atoms with van der Waals surface area (Å²) >= 11 is 0. The fourth-order valence-corrected chi connectivity index (χ4v) is 22.9. The van der Waals surface area contributed by atoms with Crippen molar-refractivity contribution < 1.29 is 212 Å². The van der Waals surface area contributed by atoms with Gasteiger partial charge in [0.05, 0.1) is 77.1 Å². The summed E-state index contributed by atoms with van der Waals surface area (Å²) in [6.45, 7) is 11.0. The van der Waals surface area contributed by atoms with Gasteiger partial charge in [0.2, 0.25) is 6.29 Å². The molecule has 734 valence electrons. The highest BCUT2D eigenvalue weighted by Crippen LogP contribution is 2.76. The molecule has 129 heavy (non-hydrogen) atoms. The zero-order valence-corrected chi connectivity index (χ0v) is 73.2. The molecule has 12 fully saturated rings. The molecule has 1 aromatic rings. The minimum Gasteiger partial charge on any atom is -0.504 e. The van der Waals surface area contributed by atoms with Crippen LogP contribution in [0.4, 0.5) is 0 Å². The van der Waals surface area contributed by atoms with E-state index in [2.05, 4.69) is 40.7 Å². The number of aliphatic hydroxyl groups excluding tert-OH is 22. The monoisotopic (exact) mass is 1850 g/mol. The lowest BCUT2D eigenvalue weighted by Crippen LogP contribution is -2.67. The number of phenolic OH excluding ortho intramolecular Hbond substituents is 1. The van der Waals surface area contributed by atoms with E-state index < -0.39 is 318 Å². The molecule has 8 aliphatic heterocycles. The molecule has 1 aromatic carbocycles. The van der Waals surface area contributed by atoms with Gasteiger partial charge in [0.1, 0.15) is 165 Å². The summed E-state index contributed by atoms with van der Waals surface area (Å²) < 4.78 is 106. The van der Waals surface area contributed by atoms with Gasteiger partial charge >= 0.3 is 11.9 Å². The van der Waals surface area contributed by atoms with Crippen LogP contribution in [0.15, 0.2) is 35.9 Å². The first-order valence-electron chi connectivity index (χ1n) is 44.4. The predicted molar refractivity (Wildman–Crippen MR) is 427 cm³/mol. The number of aliphatic hydroxyl groups is 22. The molecule has 14 rings (SSSR count). The predicted octanol–water partition coefficient (Wildman–Crippen LogP) is -6.45. The molecule has 5 aliphatic carbocycles.